The largest absolute Gasteiger partial charge is 0.503 e. The van der Waals surface area contributed by atoms with Crippen LogP contribution >= 0.6 is 0 Å². The van der Waals surface area contributed by atoms with E-state index in [2.05, 4.69) is 4.65 Å². The highest BCUT2D eigenvalue weighted by Gasteiger charge is 1.69. The molecule has 0 fully saturated rings. The van der Waals surface area contributed by atoms with Gasteiger partial charge in [-0.1, -0.05) is 0 Å². The van der Waals surface area contributed by atoms with Gasteiger partial charge in [0, 0.05) is 0 Å². The van der Waals surface area contributed by atoms with Gasteiger partial charge in [-0.15, -0.1) is 0 Å². The molecule has 0 saturated carbocycles. The molecule has 25 valence electrons. The van der Waals surface area contributed by atoms with Gasteiger partial charge in [-0.25, -0.2) is 0 Å². The molecular formula is C2H3BNO. The second-order valence-corrected chi connectivity index (χ2v) is 0.445. The fourth-order valence-corrected chi connectivity index (χ4v) is 0.0527. The smallest absolute Gasteiger partial charge is 0.385 e. The van der Waals surface area contributed by atoms with Crippen LogP contribution in [0.1, 0.15) is 0 Å². The molecular weight excluding hydrogens is 64.8 g/mol. The van der Waals surface area contributed by atoms with Crippen LogP contribution in [-0.4, -0.2) is 7.48 Å². The zero-order valence-corrected chi connectivity index (χ0v) is 2.93. The molecule has 0 spiro atoms. The van der Waals surface area contributed by atoms with Gasteiger partial charge in [-0.3, -0.25) is 0 Å². The number of nitrogens with zero attached hydrogens (tertiary/aromatic N) is 1. The van der Waals surface area contributed by atoms with Crippen LogP contribution in [-0.2, 0) is 4.65 Å². The summed E-state index contributed by atoms with van der Waals surface area (Å²) >= 11 is 0. The Morgan fingerprint density at radius 2 is 2.60 bits per heavy atom. The number of nitriles is 1. The van der Waals surface area contributed by atoms with Gasteiger partial charge in [0.25, 0.3) is 6.26 Å². The van der Waals surface area contributed by atoms with Gasteiger partial charge >= 0.3 is 7.48 Å². The van der Waals surface area contributed by atoms with Gasteiger partial charge in [0.05, 0.1) is 0 Å². The minimum absolute atomic E-state index is 1.32. The van der Waals surface area contributed by atoms with Crippen molar-refractivity contribution in [3.8, 4) is 6.26 Å². The monoisotopic (exact) mass is 68.0 g/mol. The van der Waals surface area contributed by atoms with Crippen molar-refractivity contribution in [2.45, 2.75) is 6.82 Å². The van der Waals surface area contributed by atoms with E-state index in [1.165, 1.54) is 13.7 Å². The third-order valence-electron chi connectivity index (χ3n) is 0.171. The highest BCUT2D eigenvalue weighted by molar-refractivity contribution is 6.25. The fourth-order valence-electron chi connectivity index (χ4n) is 0.0527. The molecule has 0 aliphatic carbocycles. The van der Waals surface area contributed by atoms with Gasteiger partial charge in [0.2, 0.25) is 0 Å². The van der Waals surface area contributed by atoms with Crippen molar-refractivity contribution in [3.05, 3.63) is 0 Å². The molecule has 0 unspecified atom stereocenters. The minimum atomic E-state index is 1.32. The summed E-state index contributed by atoms with van der Waals surface area (Å²) in [5.41, 5.74) is 0. The fraction of sp³-hybridized carbons (Fsp3) is 0.500. The second-order valence-electron chi connectivity index (χ2n) is 0.445. The highest BCUT2D eigenvalue weighted by Crippen LogP contribution is 1.54. The first-order valence-electron chi connectivity index (χ1n) is 1.24. The molecule has 0 N–H and O–H groups in total. The van der Waals surface area contributed by atoms with Crippen molar-refractivity contribution >= 4 is 7.48 Å². The maximum Gasteiger partial charge on any atom is 0.385 e. The van der Waals surface area contributed by atoms with Crippen molar-refractivity contribution in [1.29, 1.82) is 5.26 Å². The standard InChI is InChI=1S/C2H3BNO/c1-3-5-2-4/h1H3. The lowest BCUT2D eigenvalue weighted by Crippen LogP contribution is -1.79. The molecule has 3 heteroatoms. The molecule has 0 atom stereocenters. The van der Waals surface area contributed by atoms with Crippen molar-refractivity contribution in [2.75, 3.05) is 0 Å². The maximum atomic E-state index is 7.56. The van der Waals surface area contributed by atoms with E-state index in [-0.39, 0.29) is 0 Å². The molecule has 0 saturated heterocycles. The predicted octanol–water partition coefficient (Wildman–Crippen LogP) is 0.151. The Labute approximate surface area is 31.6 Å². The first-order valence-corrected chi connectivity index (χ1v) is 1.24. The molecule has 5 heavy (non-hydrogen) atoms. The minimum Gasteiger partial charge on any atom is -0.503 e. The van der Waals surface area contributed by atoms with Crippen LogP contribution in [0.3, 0.4) is 0 Å². The van der Waals surface area contributed by atoms with Crippen molar-refractivity contribution in [1.82, 2.24) is 0 Å². The normalized spacial score (nSPS) is 4.80. The van der Waals surface area contributed by atoms with E-state index < -0.39 is 0 Å². The zero-order chi connectivity index (χ0) is 4.12. The molecule has 0 aromatic rings. The molecule has 0 rings (SSSR count). The van der Waals surface area contributed by atoms with Crippen LogP contribution in [0.4, 0.5) is 0 Å². The summed E-state index contributed by atoms with van der Waals surface area (Å²) in [4.78, 5) is 0. The first kappa shape index (κ1) is 4.35. The highest BCUT2D eigenvalue weighted by atomic mass is 16.4. The van der Waals surface area contributed by atoms with E-state index in [1.807, 2.05) is 0 Å². The van der Waals surface area contributed by atoms with Gasteiger partial charge in [0.1, 0.15) is 0 Å². The van der Waals surface area contributed by atoms with E-state index in [4.69, 9.17) is 5.26 Å². The molecule has 0 heterocycles. The van der Waals surface area contributed by atoms with Gasteiger partial charge < -0.3 is 4.65 Å². The van der Waals surface area contributed by atoms with Crippen LogP contribution < -0.4 is 0 Å². The molecule has 2 nitrogen and oxygen atoms in total. The topological polar surface area (TPSA) is 33.0 Å². The molecule has 0 bridgehead atoms. The summed E-state index contributed by atoms with van der Waals surface area (Å²) in [5, 5.41) is 7.56. The zero-order valence-electron chi connectivity index (χ0n) is 2.93. The van der Waals surface area contributed by atoms with Crippen molar-refractivity contribution in [2.24, 2.45) is 0 Å². The molecule has 0 aromatic carbocycles. The SMILES string of the molecule is C[B]OC#N. The molecule has 0 aromatic heterocycles. The lowest BCUT2D eigenvalue weighted by Gasteiger charge is -1.72. The summed E-state index contributed by atoms with van der Waals surface area (Å²) in [7, 11) is 1.32. The molecule has 1 radical (unpaired) electrons. The molecule has 0 amide bonds. The Balaban J connectivity index is 2.48. The van der Waals surface area contributed by atoms with Crippen LogP contribution in [0.25, 0.3) is 0 Å². The second kappa shape index (κ2) is 3.35. The summed E-state index contributed by atoms with van der Waals surface area (Å²) in [5.74, 6) is 0. The lowest BCUT2D eigenvalue weighted by molar-refractivity contribution is 0.548. The maximum absolute atomic E-state index is 7.56. The Morgan fingerprint density at radius 1 is 2.00 bits per heavy atom. The average Bonchev–Trinajstić information content (AvgIpc) is 1.41. The predicted molar refractivity (Wildman–Crippen MR) is 18.3 cm³/mol. The van der Waals surface area contributed by atoms with E-state index in [9.17, 15) is 0 Å². The van der Waals surface area contributed by atoms with Gasteiger partial charge in [-0.2, -0.15) is 5.26 Å². The third-order valence-corrected chi connectivity index (χ3v) is 0.171. The van der Waals surface area contributed by atoms with Crippen molar-refractivity contribution in [3.63, 3.8) is 0 Å². The van der Waals surface area contributed by atoms with Crippen LogP contribution in [0.2, 0.25) is 6.82 Å². The molecule has 0 aliphatic rings. The number of hydrogen-bond acceptors (Lipinski definition) is 2. The number of hydrogen-bond donors (Lipinski definition) is 0. The van der Waals surface area contributed by atoms with Crippen LogP contribution in [0.5, 0.6) is 0 Å². The van der Waals surface area contributed by atoms with Gasteiger partial charge in [0.15, 0.2) is 0 Å². The van der Waals surface area contributed by atoms with Crippen LogP contribution in [0, 0.1) is 11.5 Å². The Hall–Kier alpha value is -0.645. The Kier molecular flexibility index (Phi) is 2.92. The van der Waals surface area contributed by atoms with E-state index in [0.717, 1.165) is 0 Å². The third kappa shape index (κ3) is 3.35. The lowest BCUT2D eigenvalue weighted by atomic mass is 10.1. The summed E-state index contributed by atoms with van der Waals surface area (Å²) in [6.45, 7) is 1.64. The Morgan fingerprint density at radius 3 is 2.60 bits per heavy atom. The van der Waals surface area contributed by atoms with E-state index in [0.29, 0.717) is 0 Å². The summed E-state index contributed by atoms with van der Waals surface area (Å²) in [6.07, 6.45) is 1.46. The Bertz CT molecular complexity index is 48.1. The quantitative estimate of drug-likeness (QED) is 0.323. The van der Waals surface area contributed by atoms with Gasteiger partial charge in [-0.05, 0) is 6.82 Å². The molecule has 0 aliphatic heterocycles. The first-order chi connectivity index (χ1) is 2.41. The number of rotatable bonds is 1. The van der Waals surface area contributed by atoms with E-state index in [1.54, 1.807) is 6.82 Å². The summed E-state index contributed by atoms with van der Waals surface area (Å²) in [6, 6.07) is 0. The van der Waals surface area contributed by atoms with E-state index >= 15 is 0 Å². The summed E-state index contributed by atoms with van der Waals surface area (Å²) < 4.78 is 4.01. The van der Waals surface area contributed by atoms with Crippen molar-refractivity contribution < 1.29 is 4.65 Å². The van der Waals surface area contributed by atoms with Crippen LogP contribution in [0.15, 0.2) is 0 Å². The average molecular weight is 67.9 g/mol.